The highest BCUT2D eigenvalue weighted by molar-refractivity contribution is 7.17. The molecule has 0 saturated carbocycles. The van der Waals surface area contributed by atoms with Crippen molar-refractivity contribution < 1.29 is 18.4 Å². The standard InChI is InChI=1S/C20H21F2N3O2S/c1-11(2)24-25-19(27)16-12-7-4-3-5-10-15(12)28-20(16)23-18(26)17-13(21)8-6-9-14(17)22/h6,8-9H,3-5,7,10H2,1-2H3,(H,23,26)(H,25,27). The van der Waals surface area contributed by atoms with Crippen LogP contribution in [0.2, 0.25) is 0 Å². The SMILES string of the molecule is CC(C)=NNC(=O)c1c(NC(=O)c2c(F)cccc2F)sc2c1CCCCC2. The van der Waals surface area contributed by atoms with E-state index in [2.05, 4.69) is 15.8 Å². The summed E-state index contributed by atoms with van der Waals surface area (Å²) in [5, 5.41) is 6.79. The molecule has 28 heavy (non-hydrogen) atoms. The van der Waals surface area contributed by atoms with E-state index in [0.717, 1.165) is 48.3 Å². The van der Waals surface area contributed by atoms with Gasteiger partial charge in [-0.2, -0.15) is 5.10 Å². The van der Waals surface area contributed by atoms with Gasteiger partial charge in [0.05, 0.1) is 5.56 Å². The van der Waals surface area contributed by atoms with Gasteiger partial charge in [-0.15, -0.1) is 11.3 Å². The number of halogens is 2. The number of hydrazone groups is 1. The second kappa shape index (κ2) is 8.60. The van der Waals surface area contributed by atoms with Crippen LogP contribution in [0.3, 0.4) is 0 Å². The molecule has 1 aromatic carbocycles. The first-order valence-electron chi connectivity index (χ1n) is 9.09. The maximum absolute atomic E-state index is 14.0. The number of amides is 2. The van der Waals surface area contributed by atoms with E-state index in [9.17, 15) is 18.4 Å². The number of aryl methyl sites for hydroxylation is 1. The van der Waals surface area contributed by atoms with Gasteiger partial charge in [0, 0.05) is 10.6 Å². The molecule has 0 saturated heterocycles. The number of hydrogen-bond acceptors (Lipinski definition) is 4. The van der Waals surface area contributed by atoms with Crippen LogP contribution in [0, 0.1) is 11.6 Å². The molecule has 0 spiro atoms. The molecule has 2 amide bonds. The van der Waals surface area contributed by atoms with Crippen molar-refractivity contribution in [3.8, 4) is 0 Å². The number of thiophene rings is 1. The van der Waals surface area contributed by atoms with E-state index < -0.39 is 29.0 Å². The molecule has 0 unspecified atom stereocenters. The Hall–Kier alpha value is -2.61. The highest BCUT2D eigenvalue weighted by Crippen LogP contribution is 2.38. The lowest BCUT2D eigenvalue weighted by atomic mass is 10.0. The van der Waals surface area contributed by atoms with Gasteiger partial charge in [-0.1, -0.05) is 12.5 Å². The maximum atomic E-state index is 14.0. The Bertz CT molecular complexity index is 929. The van der Waals surface area contributed by atoms with Crippen molar-refractivity contribution in [1.29, 1.82) is 0 Å². The molecule has 2 N–H and O–H groups in total. The van der Waals surface area contributed by atoms with Crippen LogP contribution in [0.4, 0.5) is 13.8 Å². The normalized spacial score (nSPS) is 13.3. The van der Waals surface area contributed by atoms with E-state index in [-0.39, 0.29) is 0 Å². The largest absolute Gasteiger partial charge is 0.313 e. The number of benzene rings is 1. The number of fused-ring (bicyclic) bond motifs is 1. The van der Waals surface area contributed by atoms with Gasteiger partial charge in [-0.3, -0.25) is 9.59 Å². The van der Waals surface area contributed by atoms with E-state index in [0.29, 0.717) is 22.7 Å². The van der Waals surface area contributed by atoms with E-state index in [4.69, 9.17) is 0 Å². The average molecular weight is 405 g/mol. The van der Waals surface area contributed by atoms with Gasteiger partial charge in [-0.25, -0.2) is 14.2 Å². The summed E-state index contributed by atoms with van der Waals surface area (Å²) in [6.45, 7) is 3.50. The van der Waals surface area contributed by atoms with Crippen LogP contribution in [-0.2, 0) is 12.8 Å². The number of carbonyl (C=O) groups excluding carboxylic acids is 2. The molecule has 2 aromatic rings. The number of anilines is 1. The van der Waals surface area contributed by atoms with Crippen molar-refractivity contribution in [2.75, 3.05) is 5.32 Å². The first kappa shape index (κ1) is 20.1. The predicted octanol–water partition coefficient (Wildman–Crippen LogP) is 4.67. The van der Waals surface area contributed by atoms with E-state index in [1.807, 2.05) is 0 Å². The molecule has 8 heteroatoms. The molecule has 0 aliphatic heterocycles. The smallest absolute Gasteiger partial charge is 0.274 e. The van der Waals surface area contributed by atoms with E-state index in [1.54, 1.807) is 13.8 Å². The van der Waals surface area contributed by atoms with Gasteiger partial charge >= 0.3 is 0 Å². The first-order chi connectivity index (χ1) is 13.4. The summed E-state index contributed by atoms with van der Waals surface area (Å²) < 4.78 is 27.9. The van der Waals surface area contributed by atoms with Crippen molar-refractivity contribution in [3.63, 3.8) is 0 Å². The Balaban J connectivity index is 1.99. The molecule has 0 bridgehead atoms. The molecular weight excluding hydrogens is 384 g/mol. The topological polar surface area (TPSA) is 70.6 Å². The third-order valence-corrected chi connectivity index (χ3v) is 5.65. The fourth-order valence-electron chi connectivity index (χ4n) is 3.17. The van der Waals surface area contributed by atoms with Gasteiger partial charge in [0.1, 0.15) is 22.2 Å². The maximum Gasteiger partial charge on any atom is 0.274 e. The summed E-state index contributed by atoms with van der Waals surface area (Å²) in [5.41, 5.74) is 3.71. The second-order valence-corrected chi connectivity index (χ2v) is 7.92. The third kappa shape index (κ3) is 4.27. The summed E-state index contributed by atoms with van der Waals surface area (Å²) in [6.07, 6.45) is 4.52. The molecule has 0 radical (unpaired) electrons. The van der Waals surface area contributed by atoms with Crippen LogP contribution < -0.4 is 10.7 Å². The lowest BCUT2D eigenvalue weighted by Crippen LogP contribution is -2.22. The monoisotopic (exact) mass is 405 g/mol. The van der Waals surface area contributed by atoms with E-state index >= 15 is 0 Å². The van der Waals surface area contributed by atoms with Crippen LogP contribution in [0.15, 0.2) is 23.3 Å². The molecule has 3 rings (SSSR count). The summed E-state index contributed by atoms with van der Waals surface area (Å²) in [6, 6.07) is 3.24. The molecule has 1 heterocycles. The molecule has 1 aromatic heterocycles. The van der Waals surface area contributed by atoms with Crippen LogP contribution in [0.25, 0.3) is 0 Å². The molecule has 5 nitrogen and oxygen atoms in total. The molecule has 1 aliphatic rings. The average Bonchev–Trinajstić information content (AvgIpc) is 2.80. The van der Waals surface area contributed by atoms with Crippen LogP contribution in [-0.4, -0.2) is 17.5 Å². The third-order valence-electron chi connectivity index (χ3n) is 4.45. The lowest BCUT2D eigenvalue weighted by Gasteiger charge is -2.09. The zero-order valence-corrected chi connectivity index (χ0v) is 16.5. The van der Waals surface area contributed by atoms with Gasteiger partial charge in [0.15, 0.2) is 0 Å². The quantitative estimate of drug-likeness (QED) is 0.441. The predicted molar refractivity (Wildman–Crippen MR) is 106 cm³/mol. The highest BCUT2D eigenvalue weighted by atomic mass is 32.1. The number of nitrogens with zero attached hydrogens (tertiary/aromatic N) is 1. The number of rotatable bonds is 4. The zero-order chi connectivity index (χ0) is 20.3. The summed E-state index contributed by atoms with van der Waals surface area (Å²) in [7, 11) is 0. The Labute approximate surface area is 165 Å². The van der Waals surface area contributed by atoms with Gasteiger partial charge in [0.25, 0.3) is 11.8 Å². The van der Waals surface area contributed by atoms with Crippen molar-refractivity contribution >= 4 is 33.9 Å². The highest BCUT2D eigenvalue weighted by Gasteiger charge is 2.27. The summed E-state index contributed by atoms with van der Waals surface area (Å²) in [4.78, 5) is 26.3. The van der Waals surface area contributed by atoms with Crippen LogP contribution in [0.5, 0.6) is 0 Å². The Morgan fingerprint density at radius 3 is 2.36 bits per heavy atom. The zero-order valence-electron chi connectivity index (χ0n) is 15.7. The van der Waals surface area contributed by atoms with Crippen LogP contribution >= 0.6 is 11.3 Å². The van der Waals surface area contributed by atoms with Crippen LogP contribution in [0.1, 0.15) is 64.3 Å². The minimum Gasteiger partial charge on any atom is -0.313 e. The molecule has 0 fully saturated rings. The Morgan fingerprint density at radius 2 is 1.68 bits per heavy atom. The number of nitrogens with one attached hydrogen (secondary N) is 2. The number of hydrogen-bond donors (Lipinski definition) is 2. The lowest BCUT2D eigenvalue weighted by molar-refractivity contribution is 0.0955. The fourth-order valence-corrected chi connectivity index (χ4v) is 4.45. The fraction of sp³-hybridized carbons (Fsp3) is 0.350. The second-order valence-electron chi connectivity index (χ2n) is 6.82. The van der Waals surface area contributed by atoms with Gasteiger partial charge in [-0.05, 0) is 57.2 Å². The van der Waals surface area contributed by atoms with Crippen molar-refractivity contribution in [2.24, 2.45) is 5.10 Å². The minimum atomic E-state index is -0.951. The van der Waals surface area contributed by atoms with E-state index in [1.165, 1.54) is 17.4 Å². The Kier molecular flexibility index (Phi) is 6.18. The van der Waals surface area contributed by atoms with Crippen molar-refractivity contribution in [1.82, 2.24) is 5.43 Å². The molecule has 148 valence electrons. The summed E-state index contributed by atoms with van der Waals surface area (Å²) >= 11 is 1.29. The Morgan fingerprint density at radius 1 is 1.00 bits per heavy atom. The molecular formula is C20H21F2N3O2S. The minimum absolute atomic E-state index is 0.293. The molecule has 0 atom stereocenters. The van der Waals surface area contributed by atoms with Gasteiger partial charge < -0.3 is 5.32 Å². The molecule has 1 aliphatic carbocycles. The van der Waals surface area contributed by atoms with Crippen molar-refractivity contribution in [2.45, 2.75) is 46.0 Å². The first-order valence-corrected chi connectivity index (χ1v) is 9.91. The van der Waals surface area contributed by atoms with Crippen molar-refractivity contribution in [3.05, 3.63) is 51.4 Å². The summed E-state index contributed by atoms with van der Waals surface area (Å²) in [5.74, 6) is -3.26. The van der Waals surface area contributed by atoms with Gasteiger partial charge in [0.2, 0.25) is 0 Å². The number of carbonyl (C=O) groups is 2.